The summed E-state index contributed by atoms with van der Waals surface area (Å²) in [7, 11) is -2.36. The smallest absolute Gasteiger partial charge is 0.426 e. The Balaban J connectivity index is 3.82. The lowest BCUT2D eigenvalue weighted by Gasteiger charge is -2.30. The lowest BCUT2D eigenvalue weighted by atomic mass is 9.93. The fourth-order valence-corrected chi connectivity index (χ4v) is 4.03. The van der Waals surface area contributed by atoms with E-state index in [1.165, 1.54) is 41.8 Å². The molecule has 1 unspecified atom stereocenters. The Kier molecular flexibility index (Phi) is 8.08. The van der Waals surface area contributed by atoms with Gasteiger partial charge in [0, 0.05) is 27.9 Å². The normalized spacial score (nSPS) is 12.8. The van der Waals surface area contributed by atoms with E-state index in [1.54, 1.807) is 6.92 Å². The van der Waals surface area contributed by atoms with Gasteiger partial charge in [0.25, 0.3) is 10.1 Å². The van der Waals surface area contributed by atoms with Gasteiger partial charge in [0.15, 0.2) is 0 Å². The second kappa shape index (κ2) is 9.45. The van der Waals surface area contributed by atoms with E-state index in [9.17, 15) is 36.0 Å². The van der Waals surface area contributed by atoms with Crippen molar-refractivity contribution in [1.29, 1.82) is 0 Å². The van der Waals surface area contributed by atoms with Gasteiger partial charge in [-0.1, -0.05) is 0 Å². The summed E-state index contributed by atoms with van der Waals surface area (Å²) in [5, 5.41) is 0. The first-order valence-electron chi connectivity index (χ1n) is 9.16. The van der Waals surface area contributed by atoms with Crippen molar-refractivity contribution < 1.29 is 45.3 Å². The average molecular weight is 482 g/mol. The number of rotatable bonds is 6. The van der Waals surface area contributed by atoms with E-state index in [4.69, 9.17) is 4.55 Å². The van der Waals surface area contributed by atoms with Gasteiger partial charge < -0.3 is 14.5 Å². The first-order chi connectivity index (χ1) is 14.3. The molecule has 9 nitrogen and oxygen atoms in total. The number of amides is 2. The zero-order valence-electron chi connectivity index (χ0n) is 18.6. The van der Waals surface area contributed by atoms with E-state index in [0.717, 1.165) is 9.80 Å². The minimum absolute atomic E-state index is 0.0937. The molecule has 0 fully saturated rings. The minimum Gasteiger partial charge on any atom is -0.448 e. The number of esters is 1. The van der Waals surface area contributed by atoms with Gasteiger partial charge in [0.1, 0.15) is 5.75 Å². The predicted molar refractivity (Wildman–Crippen MR) is 110 cm³/mol. The highest BCUT2D eigenvalue weighted by atomic mass is 32.2. The Morgan fingerprint density at radius 3 is 1.59 bits per heavy atom. The largest absolute Gasteiger partial charge is 0.448 e. The molecule has 0 aliphatic carbocycles. The first-order valence-corrected chi connectivity index (χ1v) is 10.8. The molecule has 1 atom stereocenters. The third-order valence-corrected chi connectivity index (χ3v) is 5.69. The van der Waals surface area contributed by atoms with Crippen LogP contribution in [0, 0.1) is 20.8 Å². The van der Waals surface area contributed by atoms with Crippen LogP contribution in [0.2, 0.25) is 0 Å². The molecule has 0 spiro atoms. The van der Waals surface area contributed by atoms with Crippen molar-refractivity contribution in [1.82, 2.24) is 0 Å². The zero-order chi connectivity index (χ0) is 25.3. The Morgan fingerprint density at radius 2 is 1.31 bits per heavy atom. The monoisotopic (exact) mass is 482 g/mol. The Labute approximate surface area is 183 Å². The summed E-state index contributed by atoms with van der Waals surface area (Å²) in [5.74, 6) is -4.31. The van der Waals surface area contributed by atoms with Crippen molar-refractivity contribution in [2.24, 2.45) is 0 Å². The molecule has 0 saturated carbocycles. The van der Waals surface area contributed by atoms with Crippen molar-refractivity contribution in [2.75, 3.05) is 29.6 Å². The average Bonchev–Trinajstić information content (AvgIpc) is 2.58. The van der Waals surface area contributed by atoms with Crippen molar-refractivity contribution in [2.45, 2.75) is 46.9 Å². The summed E-state index contributed by atoms with van der Waals surface area (Å²) in [6.07, 6.45) is -8.41. The predicted octanol–water partition coefficient (Wildman–Crippen LogP) is 2.55. The summed E-state index contributed by atoms with van der Waals surface area (Å²) >= 11 is 0. The van der Waals surface area contributed by atoms with Crippen LogP contribution < -0.4 is 9.80 Å². The van der Waals surface area contributed by atoms with Gasteiger partial charge in [-0.3, -0.25) is 14.1 Å². The molecule has 0 aromatic heterocycles. The Morgan fingerprint density at radius 1 is 0.938 bits per heavy atom. The first kappa shape index (κ1) is 27.4. The molecule has 1 rings (SSSR count). The highest BCUT2D eigenvalue weighted by molar-refractivity contribution is 7.85. The van der Waals surface area contributed by atoms with E-state index < -0.39 is 45.9 Å². The van der Waals surface area contributed by atoms with E-state index in [-0.39, 0.29) is 28.1 Å². The maximum atomic E-state index is 13.3. The van der Waals surface area contributed by atoms with Gasteiger partial charge in [0.2, 0.25) is 17.9 Å². The van der Waals surface area contributed by atoms with Crippen LogP contribution in [0.1, 0.15) is 40.9 Å². The topological polar surface area (TPSA) is 121 Å². The minimum atomic E-state index is -5.28. The fraction of sp³-hybridized carbons (Fsp3) is 0.526. The van der Waals surface area contributed by atoms with Gasteiger partial charge in [-0.05, 0) is 37.5 Å². The SMILES string of the molecule is CC(=O)N(C)c1c(C)c(C(=O)OC(CS(=O)(=O)O)C(F)(F)F)c(C)c(N(C)C(C)=O)c1C. The summed E-state index contributed by atoms with van der Waals surface area (Å²) in [5.41, 5.74) is 0.587. The highest BCUT2D eigenvalue weighted by Crippen LogP contribution is 2.39. The second-order valence-corrected chi connectivity index (χ2v) is 8.78. The van der Waals surface area contributed by atoms with Crippen LogP contribution in [0.15, 0.2) is 0 Å². The van der Waals surface area contributed by atoms with Gasteiger partial charge in [0.05, 0.1) is 16.9 Å². The molecule has 2 amide bonds. The third-order valence-electron chi connectivity index (χ3n) is 4.97. The maximum Gasteiger partial charge on any atom is 0.426 e. The van der Waals surface area contributed by atoms with Crippen LogP contribution >= 0.6 is 0 Å². The molecule has 32 heavy (non-hydrogen) atoms. The maximum absolute atomic E-state index is 13.3. The van der Waals surface area contributed by atoms with E-state index in [2.05, 4.69) is 4.74 Å². The van der Waals surface area contributed by atoms with Crippen LogP contribution in [0.3, 0.4) is 0 Å². The molecule has 0 aliphatic rings. The standard InChI is InChI=1S/C19H25F3N2O7S/c1-9-15(18(27)31-14(19(20,21)22)8-32(28,29)30)10(2)17(24(7)13(5)26)11(3)16(9)23(6)12(4)25/h14H,8H2,1-7H3,(H,28,29,30). The third kappa shape index (κ3) is 5.97. The number of carbonyl (C=O) groups excluding carboxylic acids is 3. The molecule has 1 N–H and O–H groups in total. The molecule has 180 valence electrons. The van der Waals surface area contributed by atoms with Crippen LogP contribution in [-0.2, 0) is 24.4 Å². The van der Waals surface area contributed by atoms with Crippen molar-refractivity contribution >= 4 is 39.3 Å². The lowest BCUT2D eigenvalue weighted by Crippen LogP contribution is -2.40. The van der Waals surface area contributed by atoms with Crippen molar-refractivity contribution in [3.8, 4) is 0 Å². The summed E-state index contributed by atoms with van der Waals surface area (Å²) < 4.78 is 75.1. The van der Waals surface area contributed by atoms with Crippen LogP contribution in [-0.4, -0.2) is 62.9 Å². The molecule has 13 heteroatoms. The molecule has 0 heterocycles. The number of benzene rings is 1. The fourth-order valence-electron chi connectivity index (χ4n) is 3.39. The number of ether oxygens (including phenoxy) is 1. The highest BCUT2D eigenvalue weighted by Gasteiger charge is 2.46. The molecule has 1 aromatic rings. The number of hydrogen-bond acceptors (Lipinski definition) is 6. The van der Waals surface area contributed by atoms with Crippen LogP contribution in [0.5, 0.6) is 0 Å². The lowest BCUT2D eigenvalue weighted by molar-refractivity contribution is -0.197. The number of anilines is 2. The van der Waals surface area contributed by atoms with Crippen molar-refractivity contribution in [3.63, 3.8) is 0 Å². The van der Waals surface area contributed by atoms with Gasteiger partial charge >= 0.3 is 12.1 Å². The van der Waals surface area contributed by atoms with Crippen LogP contribution in [0.25, 0.3) is 0 Å². The molecular formula is C19H25F3N2O7S. The second-order valence-electron chi connectivity index (χ2n) is 7.29. The van der Waals surface area contributed by atoms with E-state index in [0.29, 0.717) is 5.56 Å². The van der Waals surface area contributed by atoms with E-state index >= 15 is 0 Å². The summed E-state index contributed by atoms with van der Waals surface area (Å²) in [4.78, 5) is 39.1. The van der Waals surface area contributed by atoms with Gasteiger partial charge in [-0.15, -0.1) is 0 Å². The Bertz CT molecular complexity index is 1000. The summed E-state index contributed by atoms with van der Waals surface area (Å²) in [6.45, 7) is 6.81. The molecule has 0 radical (unpaired) electrons. The molecule has 0 aliphatic heterocycles. The number of alkyl halides is 3. The molecule has 0 bridgehead atoms. The Hall–Kier alpha value is -2.67. The van der Waals surface area contributed by atoms with Gasteiger partial charge in [-0.25, -0.2) is 4.79 Å². The molecule has 1 aromatic carbocycles. The van der Waals surface area contributed by atoms with Crippen molar-refractivity contribution in [3.05, 3.63) is 22.3 Å². The number of nitrogens with zero attached hydrogens (tertiary/aromatic N) is 2. The number of hydrogen-bond donors (Lipinski definition) is 1. The molecular weight excluding hydrogens is 457 g/mol. The number of halogens is 3. The summed E-state index contributed by atoms with van der Waals surface area (Å²) in [6, 6.07) is 0. The molecule has 0 saturated heterocycles. The zero-order valence-corrected chi connectivity index (χ0v) is 19.4. The van der Waals surface area contributed by atoms with Gasteiger partial charge in [-0.2, -0.15) is 21.6 Å². The quantitative estimate of drug-likeness (QED) is 0.489. The van der Waals surface area contributed by atoms with E-state index in [1.807, 2.05) is 0 Å². The van der Waals surface area contributed by atoms with Crippen LogP contribution in [0.4, 0.5) is 24.5 Å². The number of carbonyl (C=O) groups is 3.